The fraction of sp³-hybridized carbons (Fsp3) is 0.440. The van der Waals surface area contributed by atoms with Gasteiger partial charge in [0.05, 0.1) is 7.11 Å². The largest absolute Gasteiger partial charge is 0.489 e. The van der Waals surface area contributed by atoms with Crippen LogP contribution >= 0.6 is 0 Å². The second-order valence-corrected chi connectivity index (χ2v) is 8.92. The van der Waals surface area contributed by atoms with E-state index in [1.54, 1.807) is 20.8 Å². The van der Waals surface area contributed by atoms with E-state index in [9.17, 15) is 9.59 Å². The Hall–Kier alpha value is -3.02. The quantitative estimate of drug-likeness (QED) is 0.653. The Kier molecular flexibility index (Phi) is 6.58. The van der Waals surface area contributed by atoms with Crippen LogP contribution in [0.3, 0.4) is 0 Å². The Labute approximate surface area is 184 Å². The summed E-state index contributed by atoms with van der Waals surface area (Å²) in [5.41, 5.74) is 4.64. The van der Waals surface area contributed by atoms with Crippen molar-refractivity contribution in [3.63, 3.8) is 0 Å². The standard InChI is InChI=1S/C25H31NO5/c1-16-7-8-18(13-17(16)2)15-30-20-9-10-21-19(14-20)11-12-26(22(21)23(27)29-6)24(28)31-25(3,4)5/h7-10,13-14,22H,11-12,15H2,1-6H3/t22-/m1/s1. The van der Waals surface area contributed by atoms with Gasteiger partial charge in [-0.3, -0.25) is 4.90 Å². The van der Waals surface area contributed by atoms with Crippen molar-refractivity contribution in [2.45, 2.75) is 59.3 Å². The Morgan fingerprint density at radius 2 is 1.81 bits per heavy atom. The number of carbonyl (C=O) groups is 2. The number of ether oxygens (including phenoxy) is 3. The molecule has 1 aliphatic rings. The number of hydrogen-bond donors (Lipinski definition) is 0. The lowest BCUT2D eigenvalue weighted by molar-refractivity contribution is -0.147. The number of methoxy groups -OCH3 is 1. The van der Waals surface area contributed by atoms with E-state index >= 15 is 0 Å². The van der Waals surface area contributed by atoms with E-state index in [0.717, 1.165) is 22.4 Å². The molecular formula is C25H31NO5. The van der Waals surface area contributed by atoms with Gasteiger partial charge in [-0.2, -0.15) is 0 Å². The zero-order chi connectivity index (χ0) is 22.8. The summed E-state index contributed by atoms with van der Waals surface area (Å²) in [5.74, 6) is 0.238. The number of fused-ring (bicyclic) bond motifs is 1. The smallest absolute Gasteiger partial charge is 0.411 e. The molecule has 6 nitrogen and oxygen atoms in total. The Morgan fingerprint density at radius 1 is 1.06 bits per heavy atom. The van der Waals surface area contributed by atoms with Crippen LogP contribution in [0.2, 0.25) is 0 Å². The SMILES string of the molecule is COC(=O)[C@H]1c2ccc(OCc3ccc(C)c(C)c3)cc2CCN1C(=O)OC(C)(C)C. The second kappa shape index (κ2) is 9.00. The van der Waals surface area contributed by atoms with Crippen molar-refractivity contribution in [1.29, 1.82) is 0 Å². The first kappa shape index (κ1) is 22.7. The summed E-state index contributed by atoms with van der Waals surface area (Å²) < 4.78 is 16.5. The molecule has 1 amide bonds. The van der Waals surface area contributed by atoms with Crippen LogP contribution in [0.1, 0.15) is 54.6 Å². The molecule has 1 atom stereocenters. The van der Waals surface area contributed by atoms with Crippen molar-refractivity contribution in [2.24, 2.45) is 0 Å². The van der Waals surface area contributed by atoms with Crippen LogP contribution in [0.25, 0.3) is 0 Å². The van der Waals surface area contributed by atoms with Crippen molar-refractivity contribution in [3.8, 4) is 5.75 Å². The Bertz CT molecular complexity index is 976. The Balaban J connectivity index is 1.81. The first-order chi connectivity index (χ1) is 14.6. The molecule has 0 bridgehead atoms. The van der Waals surface area contributed by atoms with Crippen LogP contribution < -0.4 is 4.74 Å². The first-order valence-electron chi connectivity index (χ1n) is 10.5. The molecule has 1 aliphatic heterocycles. The van der Waals surface area contributed by atoms with Crippen LogP contribution in [0.4, 0.5) is 4.79 Å². The molecule has 0 saturated carbocycles. The zero-order valence-corrected chi connectivity index (χ0v) is 19.2. The number of rotatable bonds is 4. The lowest BCUT2D eigenvalue weighted by Gasteiger charge is -2.36. The van der Waals surface area contributed by atoms with Crippen molar-refractivity contribution < 1.29 is 23.8 Å². The van der Waals surface area contributed by atoms with Gasteiger partial charge >= 0.3 is 12.1 Å². The maximum atomic E-state index is 12.7. The summed E-state index contributed by atoms with van der Waals surface area (Å²) in [5, 5.41) is 0. The lowest BCUT2D eigenvalue weighted by atomic mass is 9.92. The molecule has 0 aromatic heterocycles. The van der Waals surface area contributed by atoms with Gasteiger partial charge in [-0.1, -0.05) is 24.3 Å². The third-order valence-corrected chi connectivity index (χ3v) is 5.37. The van der Waals surface area contributed by atoms with Crippen LogP contribution in [-0.4, -0.2) is 36.2 Å². The van der Waals surface area contributed by atoms with Crippen molar-refractivity contribution in [3.05, 3.63) is 64.2 Å². The third-order valence-electron chi connectivity index (χ3n) is 5.37. The first-order valence-corrected chi connectivity index (χ1v) is 10.5. The maximum Gasteiger partial charge on any atom is 0.411 e. The molecular weight excluding hydrogens is 394 g/mol. The molecule has 31 heavy (non-hydrogen) atoms. The normalized spacial score (nSPS) is 15.8. The molecule has 6 heteroatoms. The van der Waals surface area contributed by atoms with E-state index in [1.165, 1.54) is 23.1 Å². The minimum Gasteiger partial charge on any atom is -0.489 e. The average Bonchev–Trinajstić information content (AvgIpc) is 2.71. The minimum atomic E-state index is -0.836. The van der Waals surface area contributed by atoms with Gasteiger partial charge in [0.1, 0.15) is 18.0 Å². The molecule has 0 radical (unpaired) electrons. The van der Waals surface area contributed by atoms with Gasteiger partial charge in [0.25, 0.3) is 0 Å². The number of nitrogens with zero attached hydrogens (tertiary/aromatic N) is 1. The highest BCUT2D eigenvalue weighted by Crippen LogP contribution is 2.34. The molecule has 0 spiro atoms. The number of esters is 1. The van der Waals surface area contributed by atoms with E-state index in [0.29, 0.717) is 19.6 Å². The topological polar surface area (TPSA) is 65.1 Å². The van der Waals surface area contributed by atoms with Gasteiger partial charge < -0.3 is 14.2 Å². The molecule has 0 fully saturated rings. The predicted octanol–water partition coefficient (Wildman–Crippen LogP) is 4.89. The van der Waals surface area contributed by atoms with E-state index < -0.39 is 23.7 Å². The number of amides is 1. The summed E-state index contributed by atoms with van der Waals surface area (Å²) >= 11 is 0. The van der Waals surface area contributed by atoms with Gasteiger partial charge in [0.15, 0.2) is 6.04 Å². The summed E-state index contributed by atoms with van der Waals surface area (Å²) in [6, 6.07) is 11.0. The summed E-state index contributed by atoms with van der Waals surface area (Å²) in [4.78, 5) is 26.7. The molecule has 2 aromatic rings. The van der Waals surface area contributed by atoms with Crippen LogP contribution in [0, 0.1) is 13.8 Å². The van der Waals surface area contributed by atoms with Gasteiger partial charge in [-0.15, -0.1) is 0 Å². The predicted molar refractivity (Wildman–Crippen MR) is 118 cm³/mol. The zero-order valence-electron chi connectivity index (χ0n) is 19.2. The molecule has 0 N–H and O–H groups in total. The van der Waals surface area contributed by atoms with Gasteiger partial charge in [-0.25, -0.2) is 9.59 Å². The van der Waals surface area contributed by atoms with E-state index in [1.807, 2.05) is 18.2 Å². The van der Waals surface area contributed by atoms with Crippen molar-refractivity contribution in [2.75, 3.05) is 13.7 Å². The molecule has 2 aromatic carbocycles. The van der Waals surface area contributed by atoms with E-state index in [2.05, 4.69) is 32.0 Å². The van der Waals surface area contributed by atoms with Gasteiger partial charge in [0, 0.05) is 6.54 Å². The number of carbonyl (C=O) groups excluding carboxylic acids is 2. The average molecular weight is 426 g/mol. The number of hydrogen-bond acceptors (Lipinski definition) is 5. The van der Waals surface area contributed by atoms with E-state index in [-0.39, 0.29) is 0 Å². The number of benzene rings is 2. The highest BCUT2D eigenvalue weighted by molar-refractivity contribution is 5.84. The molecule has 1 heterocycles. The summed E-state index contributed by atoms with van der Waals surface area (Å²) in [7, 11) is 1.32. The molecule has 0 aliphatic carbocycles. The second-order valence-electron chi connectivity index (χ2n) is 8.92. The number of aryl methyl sites for hydroxylation is 2. The third kappa shape index (κ3) is 5.37. The van der Waals surface area contributed by atoms with Crippen LogP contribution in [0.5, 0.6) is 5.75 Å². The lowest BCUT2D eigenvalue weighted by Crippen LogP contribution is -2.46. The highest BCUT2D eigenvalue weighted by Gasteiger charge is 2.39. The molecule has 3 rings (SSSR count). The van der Waals surface area contributed by atoms with Crippen LogP contribution in [-0.2, 0) is 27.3 Å². The summed E-state index contributed by atoms with van der Waals surface area (Å²) in [6.07, 6.45) is 0.0757. The Morgan fingerprint density at radius 3 is 2.45 bits per heavy atom. The molecule has 0 saturated heterocycles. The summed E-state index contributed by atoms with van der Waals surface area (Å²) in [6.45, 7) is 10.4. The van der Waals surface area contributed by atoms with Gasteiger partial charge in [0.2, 0.25) is 0 Å². The van der Waals surface area contributed by atoms with Gasteiger partial charge in [-0.05, 0) is 81.0 Å². The fourth-order valence-electron chi connectivity index (χ4n) is 3.64. The van der Waals surface area contributed by atoms with Crippen molar-refractivity contribution >= 4 is 12.1 Å². The minimum absolute atomic E-state index is 0.363. The van der Waals surface area contributed by atoms with Crippen molar-refractivity contribution in [1.82, 2.24) is 4.90 Å². The fourth-order valence-corrected chi connectivity index (χ4v) is 3.64. The maximum absolute atomic E-state index is 12.7. The van der Waals surface area contributed by atoms with E-state index in [4.69, 9.17) is 14.2 Å². The molecule has 166 valence electrons. The highest BCUT2D eigenvalue weighted by atomic mass is 16.6. The monoisotopic (exact) mass is 425 g/mol. The van der Waals surface area contributed by atoms with Crippen LogP contribution in [0.15, 0.2) is 36.4 Å². The molecule has 0 unspecified atom stereocenters.